The van der Waals surface area contributed by atoms with Gasteiger partial charge in [-0.3, -0.25) is 14.4 Å². The molecule has 0 atom stereocenters. The van der Waals surface area contributed by atoms with Crippen LogP contribution in [-0.4, -0.2) is 48.8 Å². The lowest BCUT2D eigenvalue weighted by Crippen LogP contribution is -2.27. The molecule has 0 unspecified atom stereocenters. The molecule has 2 aromatic carbocycles. The van der Waals surface area contributed by atoms with Crippen LogP contribution in [0.25, 0.3) is 0 Å². The first-order valence-corrected chi connectivity index (χ1v) is 10.9. The van der Waals surface area contributed by atoms with Crippen LogP contribution in [0.2, 0.25) is 0 Å². The minimum absolute atomic E-state index is 0.0376. The van der Waals surface area contributed by atoms with E-state index in [4.69, 9.17) is 0 Å². The van der Waals surface area contributed by atoms with Crippen molar-refractivity contribution in [3.8, 4) is 0 Å². The largest absolute Gasteiger partial charge is 0.376 e. The average Bonchev–Trinajstić information content (AvgIpc) is 3.33. The molecule has 164 valence electrons. The van der Waals surface area contributed by atoms with Gasteiger partial charge >= 0.3 is 0 Å². The Balaban J connectivity index is 1.48. The quantitative estimate of drug-likeness (QED) is 0.540. The number of amides is 3. The van der Waals surface area contributed by atoms with Gasteiger partial charge in [0, 0.05) is 42.1 Å². The highest BCUT2D eigenvalue weighted by atomic mass is 16.2. The zero-order chi connectivity index (χ0) is 22.1. The molecule has 1 aliphatic rings. The predicted octanol–water partition coefficient (Wildman–Crippen LogP) is 3.50. The average molecular weight is 423 g/mol. The standard InChI is InChI=1S/C24H30N4O3/c1-2-3-13-25-23(30)19-7-6-8-21(16-19)26-17-22(29)27-20-11-9-18(10-12-20)24(31)28-14-4-5-15-28/h6-12,16,26H,2-5,13-15,17H2,1H3,(H,25,30)(H,27,29). The number of rotatable bonds is 9. The lowest BCUT2D eigenvalue weighted by atomic mass is 10.1. The number of nitrogens with zero attached hydrogens (tertiary/aromatic N) is 1. The fourth-order valence-corrected chi connectivity index (χ4v) is 3.44. The highest BCUT2D eigenvalue weighted by molar-refractivity contribution is 5.97. The highest BCUT2D eigenvalue weighted by Gasteiger charge is 2.19. The second-order valence-corrected chi connectivity index (χ2v) is 7.67. The van der Waals surface area contributed by atoms with Gasteiger partial charge in [0.25, 0.3) is 11.8 Å². The number of carbonyl (C=O) groups is 3. The maximum atomic E-state index is 12.4. The molecule has 7 heteroatoms. The lowest BCUT2D eigenvalue weighted by Gasteiger charge is -2.15. The summed E-state index contributed by atoms with van der Waals surface area (Å²) in [4.78, 5) is 38.7. The first kappa shape index (κ1) is 22.3. The van der Waals surface area contributed by atoms with Crippen LogP contribution < -0.4 is 16.0 Å². The molecule has 0 radical (unpaired) electrons. The van der Waals surface area contributed by atoms with Crippen LogP contribution in [0.1, 0.15) is 53.3 Å². The van der Waals surface area contributed by atoms with Crippen LogP contribution in [0.4, 0.5) is 11.4 Å². The first-order valence-electron chi connectivity index (χ1n) is 10.9. The molecule has 3 N–H and O–H groups in total. The van der Waals surface area contributed by atoms with E-state index in [1.807, 2.05) is 11.0 Å². The number of hydrogen-bond acceptors (Lipinski definition) is 4. The number of anilines is 2. The summed E-state index contributed by atoms with van der Waals surface area (Å²) in [5, 5.41) is 8.74. The first-order chi connectivity index (χ1) is 15.1. The Morgan fingerprint density at radius 1 is 0.935 bits per heavy atom. The smallest absolute Gasteiger partial charge is 0.253 e. The van der Waals surface area contributed by atoms with Gasteiger partial charge in [-0.1, -0.05) is 19.4 Å². The molecule has 0 aliphatic carbocycles. The number of benzene rings is 2. The van der Waals surface area contributed by atoms with Crippen LogP contribution in [0.5, 0.6) is 0 Å². The molecule has 1 saturated heterocycles. The van der Waals surface area contributed by atoms with Crippen LogP contribution in [-0.2, 0) is 4.79 Å². The van der Waals surface area contributed by atoms with Gasteiger partial charge in [-0.05, 0) is 61.7 Å². The van der Waals surface area contributed by atoms with Crippen molar-refractivity contribution < 1.29 is 14.4 Å². The Bertz CT molecular complexity index is 905. The molecule has 3 rings (SSSR count). The Kier molecular flexibility index (Phi) is 8.04. The van der Waals surface area contributed by atoms with Crippen molar-refractivity contribution >= 4 is 29.1 Å². The van der Waals surface area contributed by atoms with Crippen LogP contribution in [0.15, 0.2) is 48.5 Å². The summed E-state index contributed by atoms with van der Waals surface area (Å²) in [6.45, 7) is 4.41. The van der Waals surface area contributed by atoms with E-state index in [2.05, 4.69) is 22.9 Å². The topological polar surface area (TPSA) is 90.5 Å². The van der Waals surface area contributed by atoms with Gasteiger partial charge in [0.05, 0.1) is 6.54 Å². The summed E-state index contributed by atoms with van der Waals surface area (Å²) in [6.07, 6.45) is 4.07. The molecule has 0 aromatic heterocycles. The van der Waals surface area contributed by atoms with Crippen molar-refractivity contribution in [2.45, 2.75) is 32.6 Å². The summed E-state index contributed by atoms with van der Waals surface area (Å²) >= 11 is 0. The number of hydrogen-bond donors (Lipinski definition) is 3. The zero-order valence-corrected chi connectivity index (χ0v) is 17.9. The Hall–Kier alpha value is -3.35. The summed E-state index contributed by atoms with van der Waals surface area (Å²) < 4.78 is 0. The number of carbonyl (C=O) groups excluding carboxylic acids is 3. The summed E-state index contributed by atoms with van der Waals surface area (Å²) in [5.41, 5.74) is 2.52. The third-order valence-corrected chi connectivity index (χ3v) is 5.20. The van der Waals surface area contributed by atoms with Crippen molar-refractivity contribution in [1.82, 2.24) is 10.2 Å². The summed E-state index contributed by atoms with van der Waals surface area (Å²) in [6, 6.07) is 14.0. The molecule has 1 heterocycles. The van der Waals surface area contributed by atoms with Crippen molar-refractivity contribution in [3.63, 3.8) is 0 Å². The molecule has 1 aliphatic heterocycles. The van der Waals surface area contributed by atoms with Gasteiger partial charge in [-0.15, -0.1) is 0 Å². The van der Waals surface area contributed by atoms with E-state index < -0.39 is 0 Å². The molecule has 0 bridgehead atoms. The highest BCUT2D eigenvalue weighted by Crippen LogP contribution is 2.16. The van der Waals surface area contributed by atoms with Gasteiger partial charge in [-0.25, -0.2) is 0 Å². The molecule has 7 nitrogen and oxygen atoms in total. The Morgan fingerprint density at radius 3 is 2.39 bits per heavy atom. The third kappa shape index (κ3) is 6.57. The molecule has 0 spiro atoms. The molecule has 31 heavy (non-hydrogen) atoms. The minimum atomic E-state index is -0.212. The predicted molar refractivity (Wildman–Crippen MR) is 122 cm³/mol. The van der Waals surface area contributed by atoms with E-state index >= 15 is 0 Å². The number of nitrogens with one attached hydrogen (secondary N) is 3. The second-order valence-electron chi connectivity index (χ2n) is 7.67. The minimum Gasteiger partial charge on any atom is -0.376 e. The maximum absolute atomic E-state index is 12.4. The SMILES string of the molecule is CCCCNC(=O)c1cccc(NCC(=O)Nc2ccc(C(=O)N3CCCC3)cc2)c1. The van der Waals surface area contributed by atoms with E-state index in [1.54, 1.807) is 42.5 Å². The fraction of sp³-hybridized carbons (Fsp3) is 0.375. The van der Waals surface area contributed by atoms with Crippen molar-refractivity contribution in [3.05, 3.63) is 59.7 Å². The third-order valence-electron chi connectivity index (χ3n) is 5.20. The maximum Gasteiger partial charge on any atom is 0.253 e. The van der Waals surface area contributed by atoms with Crippen molar-refractivity contribution in [2.75, 3.05) is 36.8 Å². The monoisotopic (exact) mass is 422 g/mol. The Labute approximate surface area is 183 Å². The van der Waals surface area contributed by atoms with E-state index in [1.165, 1.54) is 0 Å². The molecular weight excluding hydrogens is 392 g/mol. The van der Waals surface area contributed by atoms with E-state index in [0.29, 0.717) is 29.0 Å². The molecule has 1 fully saturated rings. The van der Waals surface area contributed by atoms with Gasteiger partial charge in [0.1, 0.15) is 0 Å². The van der Waals surface area contributed by atoms with Crippen LogP contribution in [0.3, 0.4) is 0 Å². The number of unbranched alkanes of at least 4 members (excludes halogenated alkanes) is 1. The normalized spacial score (nSPS) is 13.0. The van der Waals surface area contributed by atoms with Gasteiger partial charge in [0.2, 0.25) is 5.91 Å². The summed E-state index contributed by atoms with van der Waals surface area (Å²) in [7, 11) is 0. The molecule has 3 amide bonds. The molecule has 0 saturated carbocycles. The Morgan fingerprint density at radius 2 is 1.68 bits per heavy atom. The van der Waals surface area contributed by atoms with Gasteiger partial charge in [-0.2, -0.15) is 0 Å². The lowest BCUT2D eigenvalue weighted by molar-refractivity contribution is -0.114. The van der Waals surface area contributed by atoms with Gasteiger partial charge < -0.3 is 20.9 Å². The van der Waals surface area contributed by atoms with E-state index in [0.717, 1.165) is 38.8 Å². The zero-order valence-electron chi connectivity index (χ0n) is 17.9. The number of likely N-dealkylation sites (tertiary alicyclic amines) is 1. The van der Waals surface area contributed by atoms with Crippen molar-refractivity contribution in [2.24, 2.45) is 0 Å². The van der Waals surface area contributed by atoms with Crippen molar-refractivity contribution in [1.29, 1.82) is 0 Å². The van der Waals surface area contributed by atoms with E-state index in [-0.39, 0.29) is 24.3 Å². The van der Waals surface area contributed by atoms with Crippen LogP contribution in [0, 0.1) is 0 Å². The molecular formula is C24H30N4O3. The fourth-order valence-electron chi connectivity index (χ4n) is 3.44. The van der Waals surface area contributed by atoms with Gasteiger partial charge in [0.15, 0.2) is 0 Å². The summed E-state index contributed by atoms with van der Waals surface area (Å²) in [5.74, 6) is -0.294. The molecule has 2 aromatic rings. The van der Waals surface area contributed by atoms with E-state index in [9.17, 15) is 14.4 Å². The van der Waals surface area contributed by atoms with Crippen LogP contribution >= 0.6 is 0 Å². The second kappa shape index (κ2) is 11.2.